The molecule has 1 aromatic heterocycles. The second-order valence-corrected chi connectivity index (χ2v) is 6.20. The first kappa shape index (κ1) is 11.7. The molecule has 1 saturated carbocycles. The normalized spacial score (nSPS) is 18.2. The fourth-order valence-electron chi connectivity index (χ4n) is 2.50. The van der Waals surface area contributed by atoms with Gasteiger partial charge in [0.25, 0.3) is 0 Å². The minimum absolute atomic E-state index is 0.0838. The zero-order chi connectivity index (χ0) is 12.7. The summed E-state index contributed by atoms with van der Waals surface area (Å²) in [5.74, 6) is 0.362. The molecule has 0 aliphatic heterocycles. The Morgan fingerprint density at radius 3 is 2.72 bits per heavy atom. The Morgan fingerprint density at radius 1 is 1.33 bits per heavy atom. The van der Waals surface area contributed by atoms with Crippen molar-refractivity contribution in [2.75, 3.05) is 5.32 Å². The Labute approximate surface area is 110 Å². The number of thiophene rings is 1. The highest BCUT2D eigenvalue weighted by Crippen LogP contribution is 2.39. The minimum Gasteiger partial charge on any atom is -0.384 e. The Kier molecular flexibility index (Phi) is 2.86. The van der Waals surface area contributed by atoms with Crippen molar-refractivity contribution in [2.45, 2.75) is 38.5 Å². The molecule has 0 radical (unpaired) electrons. The van der Waals surface area contributed by atoms with E-state index in [1.54, 1.807) is 11.3 Å². The van der Waals surface area contributed by atoms with E-state index in [2.05, 4.69) is 5.32 Å². The number of carbonyl (C=O) groups is 1. The molecule has 2 aliphatic carbocycles. The fraction of sp³-hybridized carbons (Fsp3) is 0.538. The van der Waals surface area contributed by atoms with Gasteiger partial charge in [0.05, 0.1) is 5.56 Å². The number of anilines is 1. The number of amides is 1. The molecular weight excluding hydrogens is 246 g/mol. The summed E-state index contributed by atoms with van der Waals surface area (Å²) in [6.07, 6.45) is 6.37. The van der Waals surface area contributed by atoms with Crippen LogP contribution in [0.25, 0.3) is 0 Å². The Morgan fingerprint density at radius 2 is 2.06 bits per heavy atom. The van der Waals surface area contributed by atoms with E-state index in [9.17, 15) is 4.79 Å². The molecule has 4 N–H and O–H groups in total. The molecule has 2 aliphatic rings. The van der Waals surface area contributed by atoms with Gasteiger partial charge in [-0.05, 0) is 44.1 Å². The van der Waals surface area contributed by atoms with Gasteiger partial charge in [-0.1, -0.05) is 0 Å². The van der Waals surface area contributed by atoms with Gasteiger partial charge in [-0.15, -0.1) is 11.3 Å². The molecule has 0 unspecified atom stereocenters. The number of hydrogen-bond acceptors (Lipinski definition) is 3. The lowest BCUT2D eigenvalue weighted by molar-refractivity contribution is -0.117. The van der Waals surface area contributed by atoms with E-state index in [0.717, 1.165) is 42.7 Å². The van der Waals surface area contributed by atoms with E-state index in [0.29, 0.717) is 0 Å². The van der Waals surface area contributed by atoms with E-state index in [1.165, 1.54) is 16.9 Å². The van der Waals surface area contributed by atoms with Crippen LogP contribution in [0.4, 0.5) is 5.00 Å². The molecule has 18 heavy (non-hydrogen) atoms. The second kappa shape index (κ2) is 4.39. The topological polar surface area (TPSA) is 79.0 Å². The molecule has 0 saturated heterocycles. The molecule has 0 bridgehead atoms. The summed E-state index contributed by atoms with van der Waals surface area (Å²) < 4.78 is 0. The van der Waals surface area contributed by atoms with Crippen LogP contribution in [0.15, 0.2) is 0 Å². The predicted molar refractivity (Wildman–Crippen MR) is 73.3 cm³/mol. The van der Waals surface area contributed by atoms with Crippen molar-refractivity contribution in [3.05, 3.63) is 16.0 Å². The molecular formula is C13H17N3OS. The predicted octanol–water partition coefficient (Wildman–Crippen LogP) is 2.26. The van der Waals surface area contributed by atoms with Crippen molar-refractivity contribution in [3.63, 3.8) is 0 Å². The third-order valence-corrected chi connectivity index (χ3v) is 4.83. The van der Waals surface area contributed by atoms with Crippen LogP contribution in [-0.2, 0) is 17.6 Å². The van der Waals surface area contributed by atoms with E-state index >= 15 is 0 Å². The van der Waals surface area contributed by atoms with Gasteiger partial charge in [-0.2, -0.15) is 0 Å². The van der Waals surface area contributed by atoms with Crippen LogP contribution >= 0.6 is 11.3 Å². The molecule has 1 amide bonds. The van der Waals surface area contributed by atoms with Crippen molar-refractivity contribution < 1.29 is 4.79 Å². The van der Waals surface area contributed by atoms with Crippen LogP contribution in [0.1, 0.15) is 41.7 Å². The molecule has 5 heteroatoms. The third-order valence-electron chi connectivity index (χ3n) is 3.63. The molecule has 1 heterocycles. The fourth-order valence-corrected chi connectivity index (χ4v) is 3.81. The lowest BCUT2D eigenvalue weighted by Crippen LogP contribution is -2.19. The molecule has 0 atom stereocenters. The number of rotatable bonds is 3. The maximum Gasteiger partial charge on any atom is 0.228 e. The summed E-state index contributed by atoms with van der Waals surface area (Å²) in [6.45, 7) is 0. The summed E-state index contributed by atoms with van der Waals surface area (Å²) in [7, 11) is 0. The summed E-state index contributed by atoms with van der Waals surface area (Å²) >= 11 is 1.61. The summed E-state index contributed by atoms with van der Waals surface area (Å²) in [5.41, 5.74) is 7.67. The molecule has 0 spiro atoms. The summed E-state index contributed by atoms with van der Waals surface area (Å²) in [5, 5.41) is 11.5. The number of nitrogens with one attached hydrogen (secondary N) is 2. The number of amidine groups is 1. The van der Waals surface area contributed by atoms with Gasteiger partial charge in [-0.25, -0.2) is 0 Å². The highest BCUT2D eigenvalue weighted by atomic mass is 32.1. The van der Waals surface area contributed by atoms with Gasteiger partial charge in [0.2, 0.25) is 5.91 Å². The van der Waals surface area contributed by atoms with Crippen molar-refractivity contribution in [1.82, 2.24) is 0 Å². The Balaban J connectivity index is 1.94. The van der Waals surface area contributed by atoms with E-state index in [1.807, 2.05) is 0 Å². The molecule has 3 rings (SSSR count). The van der Waals surface area contributed by atoms with E-state index in [-0.39, 0.29) is 17.7 Å². The van der Waals surface area contributed by atoms with Crippen molar-refractivity contribution in [2.24, 2.45) is 11.7 Å². The largest absolute Gasteiger partial charge is 0.384 e. The highest BCUT2D eigenvalue weighted by molar-refractivity contribution is 7.17. The smallest absolute Gasteiger partial charge is 0.228 e. The zero-order valence-electron chi connectivity index (χ0n) is 10.2. The third kappa shape index (κ3) is 2.03. The maximum atomic E-state index is 11.8. The van der Waals surface area contributed by atoms with Crippen LogP contribution in [0.2, 0.25) is 0 Å². The average molecular weight is 263 g/mol. The maximum absolute atomic E-state index is 11.8. The molecule has 1 fully saturated rings. The van der Waals surface area contributed by atoms with Crippen molar-refractivity contribution in [1.29, 1.82) is 5.41 Å². The van der Waals surface area contributed by atoms with Crippen LogP contribution in [0, 0.1) is 11.3 Å². The van der Waals surface area contributed by atoms with Gasteiger partial charge in [0.1, 0.15) is 10.8 Å². The van der Waals surface area contributed by atoms with Gasteiger partial charge >= 0.3 is 0 Å². The number of nitrogens with two attached hydrogens (primary N) is 1. The number of nitrogen functional groups attached to an aromatic ring is 1. The van der Waals surface area contributed by atoms with Crippen LogP contribution in [0.5, 0.6) is 0 Å². The SMILES string of the molecule is N=C(N)c1c(NC(=O)C2CC2)sc2c1CCCC2. The van der Waals surface area contributed by atoms with Crippen molar-refractivity contribution in [3.8, 4) is 0 Å². The van der Waals surface area contributed by atoms with E-state index < -0.39 is 0 Å². The molecule has 0 aromatic carbocycles. The molecule has 4 nitrogen and oxygen atoms in total. The van der Waals surface area contributed by atoms with Gasteiger partial charge in [0.15, 0.2) is 0 Å². The lowest BCUT2D eigenvalue weighted by Gasteiger charge is -2.12. The van der Waals surface area contributed by atoms with Gasteiger partial charge in [-0.3, -0.25) is 10.2 Å². The first-order valence-electron chi connectivity index (χ1n) is 6.46. The van der Waals surface area contributed by atoms with Crippen LogP contribution in [-0.4, -0.2) is 11.7 Å². The Hall–Kier alpha value is -1.36. The monoisotopic (exact) mass is 263 g/mol. The van der Waals surface area contributed by atoms with E-state index in [4.69, 9.17) is 11.1 Å². The lowest BCUT2D eigenvalue weighted by atomic mass is 9.95. The number of hydrogen-bond donors (Lipinski definition) is 3. The Bertz CT molecular complexity index is 517. The first-order chi connectivity index (χ1) is 8.66. The van der Waals surface area contributed by atoms with Crippen molar-refractivity contribution >= 4 is 28.1 Å². The standard InChI is InChI=1S/C13H17N3OS/c14-11(15)10-8-3-1-2-4-9(8)18-13(10)16-12(17)7-5-6-7/h7H,1-6H2,(H3,14,15)(H,16,17). The average Bonchev–Trinajstić information content (AvgIpc) is 3.10. The second-order valence-electron chi connectivity index (χ2n) is 5.09. The zero-order valence-corrected chi connectivity index (χ0v) is 11.0. The number of fused-ring (bicyclic) bond motifs is 1. The van der Waals surface area contributed by atoms with Gasteiger partial charge in [0, 0.05) is 10.8 Å². The van der Waals surface area contributed by atoms with Gasteiger partial charge < -0.3 is 11.1 Å². The van der Waals surface area contributed by atoms with Crippen LogP contribution < -0.4 is 11.1 Å². The van der Waals surface area contributed by atoms with Crippen LogP contribution in [0.3, 0.4) is 0 Å². The minimum atomic E-state index is 0.0838. The molecule has 96 valence electrons. The summed E-state index contributed by atoms with van der Waals surface area (Å²) in [4.78, 5) is 13.1. The quantitative estimate of drug-likeness (QED) is 0.577. The molecule has 1 aromatic rings. The first-order valence-corrected chi connectivity index (χ1v) is 7.28. The number of carbonyl (C=O) groups excluding carboxylic acids is 1. The highest BCUT2D eigenvalue weighted by Gasteiger charge is 2.31. The number of aryl methyl sites for hydroxylation is 1. The summed E-state index contributed by atoms with van der Waals surface area (Å²) in [6, 6.07) is 0.